The van der Waals surface area contributed by atoms with Crippen molar-refractivity contribution in [3.8, 4) is 0 Å². The summed E-state index contributed by atoms with van der Waals surface area (Å²) in [5.74, 6) is -0.899. The van der Waals surface area contributed by atoms with Crippen molar-refractivity contribution in [1.29, 1.82) is 0 Å². The van der Waals surface area contributed by atoms with Crippen LogP contribution in [0.15, 0.2) is 29.3 Å². The molecular weight excluding hydrogens is 310 g/mol. The normalized spacial score (nSPS) is 16.7. The summed E-state index contributed by atoms with van der Waals surface area (Å²) >= 11 is 1.60. The largest absolute Gasteiger partial charge is 0.478 e. The highest BCUT2D eigenvalue weighted by Crippen LogP contribution is 2.20. The van der Waals surface area contributed by atoms with Crippen LogP contribution in [0.4, 0.5) is 0 Å². The summed E-state index contributed by atoms with van der Waals surface area (Å²) in [7, 11) is 1.93. The summed E-state index contributed by atoms with van der Waals surface area (Å²) in [4.78, 5) is 16.9. The Morgan fingerprint density at radius 3 is 2.91 bits per heavy atom. The Kier molecular flexibility index (Phi) is 4.91. The average molecular weight is 331 g/mol. The summed E-state index contributed by atoms with van der Waals surface area (Å²) in [6, 6.07) is 7.46. The fourth-order valence-electron chi connectivity index (χ4n) is 2.94. The molecule has 1 aromatic heterocycles. The Morgan fingerprint density at radius 1 is 1.39 bits per heavy atom. The zero-order chi connectivity index (χ0) is 16.2. The molecule has 0 spiro atoms. The molecule has 1 aliphatic carbocycles. The second kappa shape index (κ2) is 7.08. The minimum absolute atomic E-state index is 0.315. The van der Waals surface area contributed by atoms with E-state index in [1.165, 1.54) is 32.1 Å². The van der Waals surface area contributed by atoms with E-state index in [1.54, 1.807) is 29.5 Å². The number of carboxylic acids is 1. The Bertz CT molecular complexity index is 757. The topological polar surface area (TPSA) is 67.5 Å². The Balaban J connectivity index is 1.79. The number of hydrogen-bond acceptors (Lipinski definition) is 4. The van der Waals surface area contributed by atoms with Crippen LogP contribution in [0.3, 0.4) is 0 Å². The molecule has 1 fully saturated rings. The molecule has 0 radical (unpaired) electrons. The first kappa shape index (κ1) is 15.9. The van der Waals surface area contributed by atoms with Crippen LogP contribution in [-0.2, 0) is 13.5 Å². The van der Waals surface area contributed by atoms with E-state index >= 15 is 0 Å². The highest BCUT2D eigenvalue weighted by molar-refractivity contribution is 7.08. The highest BCUT2D eigenvalue weighted by Gasteiger charge is 2.13. The van der Waals surface area contributed by atoms with E-state index in [9.17, 15) is 4.79 Å². The molecule has 0 saturated heterocycles. The Morgan fingerprint density at radius 2 is 2.17 bits per heavy atom. The van der Waals surface area contributed by atoms with Crippen LogP contribution < -0.4 is 4.80 Å². The molecule has 5 nitrogen and oxygen atoms in total. The van der Waals surface area contributed by atoms with Gasteiger partial charge in [-0.05, 0) is 30.5 Å². The van der Waals surface area contributed by atoms with Crippen molar-refractivity contribution in [3.63, 3.8) is 0 Å². The van der Waals surface area contributed by atoms with Crippen molar-refractivity contribution < 1.29 is 9.90 Å². The number of hydrogen-bond donors (Lipinski definition) is 1. The molecule has 2 aromatic rings. The highest BCUT2D eigenvalue weighted by atomic mass is 32.1. The first-order valence-electron chi connectivity index (χ1n) is 8.01. The van der Waals surface area contributed by atoms with Crippen LogP contribution in [-0.4, -0.2) is 26.9 Å². The van der Waals surface area contributed by atoms with Crippen LogP contribution in [0.2, 0.25) is 0 Å². The lowest BCUT2D eigenvalue weighted by molar-refractivity contribution is 0.0696. The predicted molar refractivity (Wildman–Crippen MR) is 89.7 cm³/mol. The molecular formula is C17H21N3O2S. The standard InChI is InChI=1S/C17H21N3O2S/c1-20-17(18-14-8-3-2-4-9-14)23-15(19-20)11-12-6-5-7-13(10-12)16(21)22/h5-7,10,14H,2-4,8-9,11H2,1H3,(H,21,22). The Labute approximate surface area is 139 Å². The second-order valence-corrected chi connectivity index (χ2v) is 7.05. The molecule has 0 atom stereocenters. The molecule has 1 heterocycles. The number of aryl methyl sites for hydroxylation is 1. The summed E-state index contributed by atoms with van der Waals surface area (Å²) in [6.07, 6.45) is 6.85. The van der Waals surface area contributed by atoms with Gasteiger partial charge < -0.3 is 5.11 Å². The van der Waals surface area contributed by atoms with Crippen molar-refractivity contribution in [2.24, 2.45) is 12.0 Å². The number of rotatable bonds is 4. The quantitative estimate of drug-likeness (QED) is 0.936. The van der Waals surface area contributed by atoms with Crippen molar-refractivity contribution >= 4 is 17.3 Å². The van der Waals surface area contributed by atoms with Gasteiger partial charge in [0.25, 0.3) is 0 Å². The van der Waals surface area contributed by atoms with Crippen molar-refractivity contribution in [1.82, 2.24) is 9.78 Å². The number of aromatic carboxylic acids is 1. The number of aromatic nitrogens is 2. The van der Waals surface area contributed by atoms with Crippen LogP contribution in [0.5, 0.6) is 0 Å². The molecule has 1 N–H and O–H groups in total. The second-order valence-electron chi connectivity index (χ2n) is 6.01. The molecule has 1 aromatic carbocycles. The monoisotopic (exact) mass is 331 g/mol. The smallest absolute Gasteiger partial charge is 0.335 e. The molecule has 0 aliphatic heterocycles. The van der Waals surface area contributed by atoms with Crippen molar-refractivity contribution in [2.75, 3.05) is 0 Å². The maximum atomic E-state index is 11.1. The first-order chi connectivity index (χ1) is 11.1. The molecule has 0 amide bonds. The fourth-order valence-corrected chi connectivity index (χ4v) is 3.93. The van der Waals surface area contributed by atoms with E-state index in [-0.39, 0.29) is 0 Å². The molecule has 23 heavy (non-hydrogen) atoms. The maximum absolute atomic E-state index is 11.1. The van der Waals surface area contributed by atoms with Gasteiger partial charge in [-0.25, -0.2) is 9.48 Å². The molecule has 1 saturated carbocycles. The van der Waals surface area contributed by atoms with Gasteiger partial charge in [0, 0.05) is 13.5 Å². The molecule has 1 aliphatic rings. The zero-order valence-corrected chi connectivity index (χ0v) is 14.1. The van der Waals surface area contributed by atoms with Gasteiger partial charge in [-0.3, -0.25) is 4.99 Å². The minimum Gasteiger partial charge on any atom is -0.478 e. The third-order valence-corrected chi connectivity index (χ3v) is 5.16. The fraction of sp³-hybridized carbons (Fsp3) is 0.471. The van der Waals surface area contributed by atoms with Gasteiger partial charge in [0.05, 0.1) is 11.6 Å². The number of benzene rings is 1. The third kappa shape index (κ3) is 4.07. The van der Waals surface area contributed by atoms with Gasteiger partial charge in [0.2, 0.25) is 4.80 Å². The maximum Gasteiger partial charge on any atom is 0.335 e. The van der Waals surface area contributed by atoms with Gasteiger partial charge in [-0.2, -0.15) is 5.10 Å². The molecule has 122 valence electrons. The SMILES string of the molecule is Cn1nc(Cc2cccc(C(=O)O)c2)sc1=NC1CCCCC1. The number of nitrogens with zero attached hydrogens (tertiary/aromatic N) is 3. The summed E-state index contributed by atoms with van der Waals surface area (Å²) < 4.78 is 1.84. The lowest BCUT2D eigenvalue weighted by Gasteiger charge is -2.16. The number of carbonyl (C=O) groups is 1. The third-order valence-electron chi connectivity index (χ3n) is 4.14. The van der Waals surface area contributed by atoms with Gasteiger partial charge >= 0.3 is 5.97 Å². The predicted octanol–water partition coefficient (Wildman–Crippen LogP) is 3.00. The zero-order valence-electron chi connectivity index (χ0n) is 13.2. The van der Waals surface area contributed by atoms with Crippen LogP contribution >= 0.6 is 11.3 Å². The Hall–Kier alpha value is -1.95. The summed E-state index contributed by atoms with van der Waals surface area (Å²) in [5, 5.41) is 14.6. The van der Waals surface area contributed by atoms with Gasteiger partial charge in [0.15, 0.2) is 0 Å². The van der Waals surface area contributed by atoms with Gasteiger partial charge in [-0.15, -0.1) is 0 Å². The lowest BCUT2D eigenvalue weighted by atomic mass is 9.96. The molecule has 0 bridgehead atoms. The summed E-state index contributed by atoms with van der Waals surface area (Å²) in [6.45, 7) is 0. The van der Waals surface area contributed by atoms with E-state index in [1.807, 2.05) is 17.8 Å². The average Bonchev–Trinajstić information content (AvgIpc) is 2.88. The lowest BCUT2D eigenvalue weighted by Crippen LogP contribution is -2.18. The van der Waals surface area contributed by atoms with Gasteiger partial charge in [-0.1, -0.05) is 42.7 Å². The van der Waals surface area contributed by atoms with Crippen molar-refractivity contribution in [2.45, 2.75) is 44.6 Å². The van der Waals surface area contributed by atoms with E-state index in [0.717, 1.165) is 15.4 Å². The molecule has 3 rings (SSSR count). The van der Waals surface area contributed by atoms with Crippen LogP contribution in [0, 0.1) is 0 Å². The molecule has 6 heteroatoms. The number of carboxylic acid groups (broad SMARTS) is 1. The van der Waals surface area contributed by atoms with Crippen LogP contribution in [0.25, 0.3) is 0 Å². The van der Waals surface area contributed by atoms with Crippen LogP contribution in [0.1, 0.15) is 53.0 Å². The van der Waals surface area contributed by atoms with Crippen molar-refractivity contribution in [3.05, 3.63) is 45.2 Å². The van der Waals surface area contributed by atoms with E-state index < -0.39 is 5.97 Å². The van der Waals surface area contributed by atoms with Gasteiger partial charge in [0.1, 0.15) is 5.01 Å². The summed E-state index contributed by atoms with van der Waals surface area (Å²) in [5.41, 5.74) is 1.28. The van der Waals surface area contributed by atoms with E-state index in [2.05, 4.69) is 5.10 Å². The molecule has 0 unspecified atom stereocenters. The van der Waals surface area contributed by atoms with E-state index in [0.29, 0.717) is 18.0 Å². The van der Waals surface area contributed by atoms with E-state index in [4.69, 9.17) is 10.1 Å². The minimum atomic E-state index is -0.899. The first-order valence-corrected chi connectivity index (χ1v) is 8.82.